The Bertz CT molecular complexity index is 566. The number of amides is 1. The Labute approximate surface area is 119 Å². The smallest absolute Gasteiger partial charge is 0.261 e. The van der Waals surface area contributed by atoms with E-state index in [4.69, 9.17) is 4.84 Å². The van der Waals surface area contributed by atoms with Gasteiger partial charge in [0.15, 0.2) is 5.78 Å². The topological polar surface area (TPSA) is 46.6 Å². The lowest BCUT2D eigenvalue weighted by Crippen LogP contribution is -2.54. The lowest BCUT2D eigenvalue weighted by molar-refractivity contribution is -0.233. The van der Waals surface area contributed by atoms with Crippen molar-refractivity contribution in [1.82, 2.24) is 5.06 Å². The number of rotatable bonds is 1. The SMILES string of the molecule is Cc1cc(C)c(C2C(=O)N(C)OC(C)(C)C2=O)c(C)c1. The fourth-order valence-electron chi connectivity index (χ4n) is 2.97. The molecule has 1 aliphatic rings. The Morgan fingerprint density at radius 2 is 1.60 bits per heavy atom. The average Bonchev–Trinajstić information content (AvgIpc) is 2.29. The molecule has 1 aliphatic heterocycles. The van der Waals surface area contributed by atoms with Crippen molar-refractivity contribution in [1.29, 1.82) is 0 Å². The minimum absolute atomic E-state index is 0.185. The van der Waals surface area contributed by atoms with E-state index in [2.05, 4.69) is 0 Å². The summed E-state index contributed by atoms with van der Waals surface area (Å²) in [5.41, 5.74) is 2.90. The van der Waals surface area contributed by atoms with Gasteiger partial charge in [0.05, 0.1) is 0 Å². The number of carbonyl (C=O) groups is 2. The highest BCUT2D eigenvalue weighted by molar-refractivity contribution is 6.11. The zero-order chi connectivity index (χ0) is 15.2. The molecule has 108 valence electrons. The third-order valence-electron chi connectivity index (χ3n) is 3.80. The Balaban J connectivity index is 2.60. The summed E-state index contributed by atoms with van der Waals surface area (Å²) in [6.45, 7) is 9.29. The van der Waals surface area contributed by atoms with Gasteiger partial charge in [-0.05, 0) is 51.3 Å². The molecule has 1 fully saturated rings. The zero-order valence-electron chi connectivity index (χ0n) is 12.9. The molecule has 1 amide bonds. The first-order chi connectivity index (χ1) is 9.15. The van der Waals surface area contributed by atoms with Crippen LogP contribution in [0, 0.1) is 20.8 Å². The Hall–Kier alpha value is -1.68. The first-order valence-corrected chi connectivity index (χ1v) is 6.74. The highest BCUT2D eigenvalue weighted by Crippen LogP contribution is 2.35. The van der Waals surface area contributed by atoms with Crippen molar-refractivity contribution in [3.05, 3.63) is 34.4 Å². The highest BCUT2D eigenvalue weighted by atomic mass is 16.7. The second-order valence-corrected chi connectivity index (χ2v) is 6.05. The number of Topliss-reactive ketones (excluding diaryl/α,β-unsaturated/α-hetero) is 1. The molecule has 0 aromatic heterocycles. The Morgan fingerprint density at radius 3 is 2.10 bits per heavy atom. The van der Waals surface area contributed by atoms with Crippen LogP contribution >= 0.6 is 0 Å². The predicted molar refractivity (Wildman–Crippen MR) is 76.3 cm³/mol. The van der Waals surface area contributed by atoms with Crippen LogP contribution in [-0.4, -0.2) is 29.4 Å². The first-order valence-electron chi connectivity index (χ1n) is 6.74. The van der Waals surface area contributed by atoms with Gasteiger partial charge in [0.2, 0.25) is 0 Å². The van der Waals surface area contributed by atoms with E-state index >= 15 is 0 Å². The molecule has 1 aromatic carbocycles. The van der Waals surface area contributed by atoms with E-state index in [1.165, 1.54) is 5.06 Å². The monoisotopic (exact) mass is 275 g/mol. The molecule has 0 spiro atoms. The number of nitrogens with zero attached hydrogens (tertiary/aromatic N) is 1. The van der Waals surface area contributed by atoms with Gasteiger partial charge in [-0.3, -0.25) is 14.4 Å². The number of benzene rings is 1. The second kappa shape index (κ2) is 4.70. The summed E-state index contributed by atoms with van der Waals surface area (Å²) in [6.07, 6.45) is 0. The molecule has 20 heavy (non-hydrogen) atoms. The molecule has 4 nitrogen and oxygen atoms in total. The van der Waals surface area contributed by atoms with Gasteiger partial charge in [-0.1, -0.05) is 17.7 Å². The molecule has 1 atom stereocenters. The normalized spacial score (nSPS) is 22.3. The average molecular weight is 275 g/mol. The van der Waals surface area contributed by atoms with Crippen LogP contribution < -0.4 is 0 Å². The van der Waals surface area contributed by atoms with E-state index in [0.29, 0.717) is 0 Å². The predicted octanol–water partition coefficient (Wildman–Crippen LogP) is 2.45. The van der Waals surface area contributed by atoms with Crippen molar-refractivity contribution in [2.45, 2.75) is 46.1 Å². The minimum atomic E-state index is -0.989. The summed E-state index contributed by atoms with van der Waals surface area (Å²) in [7, 11) is 1.56. The summed E-state index contributed by atoms with van der Waals surface area (Å²) in [5, 5.41) is 1.19. The molecule has 0 radical (unpaired) electrons. The van der Waals surface area contributed by atoms with Crippen LogP contribution in [0.4, 0.5) is 0 Å². The molecule has 1 heterocycles. The van der Waals surface area contributed by atoms with Crippen LogP contribution in [0.15, 0.2) is 12.1 Å². The maximum absolute atomic E-state index is 12.6. The van der Waals surface area contributed by atoms with Crippen molar-refractivity contribution >= 4 is 11.7 Å². The maximum Gasteiger partial charge on any atom is 0.261 e. The van der Waals surface area contributed by atoms with E-state index in [0.717, 1.165) is 22.3 Å². The maximum atomic E-state index is 12.6. The summed E-state index contributed by atoms with van der Waals surface area (Å²) in [4.78, 5) is 30.4. The summed E-state index contributed by atoms with van der Waals surface area (Å²) in [6, 6.07) is 4.01. The third-order valence-corrected chi connectivity index (χ3v) is 3.80. The van der Waals surface area contributed by atoms with E-state index in [1.807, 2.05) is 32.9 Å². The van der Waals surface area contributed by atoms with Gasteiger partial charge < -0.3 is 0 Å². The first kappa shape index (κ1) is 14.7. The van der Waals surface area contributed by atoms with Gasteiger partial charge in [0.25, 0.3) is 5.91 Å². The van der Waals surface area contributed by atoms with Gasteiger partial charge >= 0.3 is 0 Å². The number of aryl methyl sites for hydroxylation is 3. The van der Waals surface area contributed by atoms with Crippen molar-refractivity contribution in [3.8, 4) is 0 Å². The fourth-order valence-corrected chi connectivity index (χ4v) is 2.97. The van der Waals surface area contributed by atoms with Gasteiger partial charge in [0, 0.05) is 7.05 Å². The highest BCUT2D eigenvalue weighted by Gasteiger charge is 2.48. The fraction of sp³-hybridized carbons (Fsp3) is 0.500. The van der Waals surface area contributed by atoms with Gasteiger partial charge in [-0.2, -0.15) is 0 Å². The molecule has 4 heteroatoms. The molecule has 0 N–H and O–H groups in total. The van der Waals surface area contributed by atoms with Crippen molar-refractivity contribution in [2.24, 2.45) is 0 Å². The van der Waals surface area contributed by atoms with E-state index in [1.54, 1.807) is 20.9 Å². The minimum Gasteiger partial charge on any atom is -0.295 e. The number of hydrogen-bond acceptors (Lipinski definition) is 3. The van der Waals surface area contributed by atoms with Gasteiger partial charge in [-0.15, -0.1) is 0 Å². The summed E-state index contributed by atoms with van der Waals surface area (Å²) >= 11 is 0. The summed E-state index contributed by atoms with van der Waals surface area (Å²) < 4.78 is 0. The van der Waals surface area contributed by atoms with Crippen molar-refractivity contribution in [3.63, 3.8) is 0 Å². The third kappa shape index (κ3) is 2.24. The van der Waals surface area contributed by atoms with Crippen molar-refractivity contribution in [2.75, 3.05) is 7.05 Å². The lowest BCUT2D eigenvalue weighted by atomic mass is 9.80. The number of hydroxylamine groups is 2. The van der Waals surface area contributed by atoms with Crippen molar-refractivity contribution < 1.29 is 14.4 Å². The van der Waals surface area contributed by atoms with Crippen LogP contribution in [0.3, 0.4) is 0 Å². The second-order valence-electron chi connectivity index (χ2n) is 6.05. The summed E-state index contributed by atoms with van der Waals surface area (Å²) in [5.74, 6) is -1.26. The van der Waals surface area contributed by atoms with Gasteiger partial charge in [-0.25, -0.2) is 5.06 Å². The van der Waals surface area contributed by atoms with Crippen LogP contribution in [0.1, 0.15) is 42.0 Å². The molecular formula is C16H21NO3. The Morgan fingerprint density at radius 1 is 1.10 bits per heavy atom. The zero-order valence-corrected chi connectivity index (χ0v) is 12.9. The molecule has 2 rings (SSSR count). The van der Waals surface area contributed by atoms with Gasteiger partial charge in [0.1, 0.15) is 11.5 Å². The molecule has 1 aromatic rings. The quantitative estimate of drug-likeness (QED) is 0.740. The molecule has 0 bridgehead atoms. The van der Waals surface area contributed by atoms with E-state index < -0.39 is 11.5 Å². The van der Waals surface area contributed by atoms with Crippen LogP contribution in [0.5, 0.6) is 0 Å². The van der Waals surface area contributed by atoms with Crippen LogP contribution in [0.2, 0.25) is 0 Å². The number of likely N-dealkylation sites (N-methyl/N-ethyl adjacent to an activating group) is 1. The molecular weight excluding hydrogens is 254 g/mol. The number of carbonyl (C=O) groups excluding carboxylic acids is 2. The largest absolute Gasteiger partial charge is 0.295 e. The van der Waals surface area contributed by atoms with E-state index in [9.17, 15) is 9.59 Å². The standard InChI is InChI=1S/C16H21NO3/c1-9-7-10(2)12(11(3)8-9)13-14(18)16(4,5)20-17(6)15(13)19/h7-8,13H,1-6H3. The molecule has 1 saturated heterocycles. The van der Waals surface area contributed by atoms with Crippen LogP contribution in [0.25, 0.3) is 0 Å². The number of ketones is 1. The Kier molecular flexibility index (Phi) is 3.46. The molecule has 1 unspecified atom stereocenters. The molecule has 0 saturated carbocycles. The number of hydrogen-bond donors (Lipinski definition) is 0. The molecule has 0 aliphatic carbocycles. The lowest BCUT2D eigenvalue weighted by Gasteiger charge is -2.39. The van der Waals surface area contributed by atoms with Crippen LogP contribution in [-0.2, 0) is 14.4 Å². The van der Waals surface area contributed by atoms with E-state index in [-0.39, 0.29) is 11.7 Å².